The molecule has 0 saturated heterocycles. The molecular weight excluding hydrogens is 437 g/mol. The number of hydrogen-bond donors (Lipinski definition) is 4. The van der Waals surface area contributed by atoms with E-state index in [4.69, 9.17) is 0 Å². The number of benzene rings is 2. The smallest absolute Gasteiger partial charge is 0.352 e. The molecule has 0 aliphatic rings. The van der Waals surface area contributed by atoms with Crippen molar-refractivity contribution < 1.29 is 14.3 Å². The largest absolute Gasteiger partial charge is 0.477 e. The van der Waals surface area contributed by atoms with E-state index in [2.05, 4.69) is 21.0 Å². The molecule has 5 aromatic rings. The molecule has 0 aliphatic carbocycles. The molecule has 7 heteroatoms. The summed E-state index contributed by atoms with van der Waals surface area (Å²) in [5.74, 6) is -0.677. The van der Waals surface area contributed by atoms with Gasteiger partial charge in [0.25, 0.3) is 0 Å². The van der Waals surface area contributed by atoms with Gasteiger partial charge in [0.15, 0.2) is 0 Å². The van der Waals surface area contributed by atoms with E-state index in [9.17, 15) is 14.3 Å². The van der Waals surface area contributed by atoms with E-state index >= 15 is 0 Å². The van der Waals surface area contributed by atoms with E-state index < -0.39 is 5.97 Å². The van der Waals surface area contributed by atoms with Crippen molar-refractivity contribution in [2.45, 2.75) is 25.5 Å². The van der Waals surface area contributed by atoms with Crippen LogP contribution in [0.2, 0.25) is 0 Å². The fourth-order valence-electron chi connectivity index (χ4n) is 4.81. The highest BCUT2D eigenvalue weighted by Gasteiger charge is 2.29. The average molecular weight is 462 g/mol. The van der Waals surface area contributed by atoms with Crippen LogP contribution in [-0.4, -0.2) is 32.3 Å². The Morgan fingerprint density at radius 3 is 2.45 bits per heavy atom. The number of H-pyrrole nitrogens is 3. The summed E-state index contributed by atoms with van der Waals surface area (Å²) in [7, 11) is 0. The number of carboxylic acids is 1. The Morgan fingerprint density at radius 2 is 1.76 bits per heavy atom. The molecule has 0 unspecified atom stereocenters. The van der Waals surface area contributed by atoms with Crippen molar-refractivity contribution in [3.8, 4) is 22.4 Å². The van der Waals surface area contributed by atoms with E-state index in [-0.39, 0.29) is 17.4 Å². The summed E-state index contributed by atoms with van der Waals surface area (Å²) in [6.45, 7) is 4.09. The van der Waals surface area contributed by atoms with Crippen LogP contribution in [0.25, 0.3) is 44.2 Å². The van der Waals surface area contributed by atoms with E-state index in [1.807, 2.05) is 44.5 Å². The zero-order chi connectivity index (χ0) is 23.3. The Balaban J connectivity index is 1.93. The Hall–Kier alpha value is -3.45. The molecule has 4 N–H and O–H groups in total. The summed E-state index contributed by atoms with van der Waals surface area (Å²) in [4.78, 5) is 22.0. The fourth-order valence-corrected chi connectivity index (χ4v) is 5.36. The van der Waals surface area contributed by atoms with E-state index in [1.54, 1.807) is 18.0 Å². The van der Waals surface area contributed by atoms with Crippen molar-refractivity contribution in [1.29, 1.82) is 0 Å². The van der Waals surface area contributed by atoms with Gasteiger partial charge in [0.1, 0.15) is 11.5 Å². The normalized spacial score (nSPS) is 11.8. The first-order chi connectivity index (χ1) is 15.9. The zero-order valence-corrected chi connectivity index (χ0v) is 19.4. The maximum absolute atomic E-state index is 14.6. The molecule has 5 rings (SSSR count). The van der Waals surface area contributed by atoms with Crippen molar-refractivity contribution in [1.82, 2.24) is 15.0 Å². The summed E-state index contributed by atoms with van der Waals surface area (Å²) in [6.07, 6.45) is 5.67. The number of carboxylic acid groups (broad SMARTS) is 1. The molecule has 5 nitrogen and oxygen atoms in total. The first kappa shape index (κ1) is 21.4. The molecular formula is C26H24FN3O2S. The second-order valence-corrected chi connectivity index (χ2v) is 9.35. The maximum Gasteiger partial charge on any atom is 0.352 e. The van der Waals surface area contributed by atoms with Gasteiger partial charge < -0.3 is 20.1 Å². The number of fused-ring (bicyclic) bond motifs is 2. The Morgan fingerprint density at radius 1 is 1.03 bits per heavy atom. The molecule has 0 fully saturated rings. The molecule has 0 radical (unpaired) electrons. The molecule has 0 bridgehead atoms. The molecule has 3 aromatic heterocycles. The van der Waals surface area contributed by atoms with Crippen molar-refractivity contribution in [2.75, 3.05) is 6.26 Å². The minimum absolute atomic E-state index is 0.00654. The minimum Gasteiger partial charge on any atom is -0.477 e. The van der Waals surface area contributed by atoms with Crippen LogP contribution in [0.15, 0.2) is 48.8 Å². The third-order valence-electron chi connectivity index (χ3n) is 6.10. The van der Waals surface area contributed by atoms with Crippen molar-refractivity contribution in [2.24, 2.45) is 0 Å². The standard InChI is InChI=1S/C26H24FN3O2S/c1-13(2)21-23(22-14(12-33-3)4-5-19-17(22)7-9-28-19)25(26(31)32)30-24(21)18-10-15(27)11-20-16(18)6-8-29-20/h4-11,13,28-30H,12H2,1-3H3,(H,31,32). The number of nitrogens with one attached hydrogen (secondary N) is 3. The van der Waals surface area contributed by atoms with Gasteiger partial charge in [0, 0.05) is 51.1 Å². The number of hydrogen-bond acceptors (Lipinski definition) is 2. The molecule has 0 amide bonds. The average Bonchev–Trinajstić information content (AvgIpc) is 3.50. The van der Waals surface area contributed by atoms with Gasteiger partial charge in [-0.25, -0.2) is 9.18 Å². The number of thioether (sulfide) groups is 1. The van der Waals surface area contributed by atoms with Gasteiger partial charge in [-0.05, 0) is 59.2 Å². The highest BCUT2D eigenvalue weighted by Crippen LogP contribution is 2.45. The predicted octanol–water partition coefficient (Wildman–Crippen LogP) is 7.14. The second kappa shape index (κ2) is 8.15. The Bertz CT molecular complexity index is 1510. The maximum atomic E-state index is 14.6. The van der Waals surface area contributed by atoms with Crippen LogP contribution < -0.4 is 0 Å². The number of aromatic nitrogens is 3. The highest BCUT2D eigenvalue weighted by molar-refractivity contribution is 7.97. The number of aromatic carboxylic acids is 1. The van der Waals surface area contributed by atoms with Gasteiger partial charge in [-0.1, -0.05) is 19.9 Å². The number of halogens is 1. The van der Waals surface area contributed by atoms with Gasteiger partial charge in [0.05, 0.1) is 5.69 Å². The molecule has 0 spiro atoms. The summed E-state index contributed by atoms with van der Waals surface area (Å²) in [6, 6.07) is 10.9. The summed E-state index contributed by atoms with van der Waals surface area (Å²) in [5, 5.41) is 12.1. The lowest BCUT2D eigenvalue weighted by Crippen LogP contribution is -2.02. The van der Waals surface area contributed by atoms with Crippen LogP contribution in [0.3, 0.4) is 0 Å². The Labute approximate surface area is 194 Å². The molecule has 2 aromatic carbocycles. The topological polar surface area (TPSA) is 84.7 Å². The van der Waals surface area contributed by atoms with Gasteiger partial charge in [-0.15, -0.1) is 0 Å². The van der Waals surface area contributed by atoms with Crippen molar-refractivity contribution in [3.63, 3.8) is 0 Å². The molecule has 0 aliphatic heterocycles. The monoisotopic (exact) mass is 461 g/mol. The third kappa shape index (κ3) is 3.43. The summed E-state index contributed by atoms with van der Waals surface area (Å²) in [5.41, 5.74) is 6.56. The van der Waals surface area contributed by atoms with Crippen LogP contribution in [0.5, 0.6) is 0 Å². The van der Waals surface area contributed by atoms with Crippen molar-refractivity contribution in [3.05, 3.63) is 71.4 Å². The number of rotatable bonds is 6. The highest BCUT2D eigenvalue weighted by atomic mass is 32.2. The van der Waals surface area contributed by atoms with E-state index in [0.29, 0.717) is 22.3 Å². The molecule has 33 heavy (non-hydrogen) atoms. The van der Waals surface area contributed by atoms with Crippen LogP contribution in [0.1, 0.15) is 41.4 Å². The molecule has 168 valence electrons. The first-order valence-corrected chi connectivity index (χ1v) is 12.1. The predicted molar refractivity (Wildman–Crippen MR) is 134 cm³/mol. The van der Waals surface area contributed by atoms with Gasteiger partial charge in [-0.3, -0.25) is 0 Å². The number of aromatic amines is 3. The Kier molecular flexibility index (Phi) is 5.29. The number of carbonyl (C=O) groups is 1. The minimum atomic E-state index is -1.04. The quantitative estimate of drug-likeness (QED) is 0.217. The summed E-state index contributed by atoms with van der Waals surface area (Å²) < 4.78 is 14.6. The molecule has 0 atom stereocenters. The second-order valence-electron chi connectivity index (χ2n) is 8.49. The fraction of sp³-hybridized carbons (Fsp3) is 0.192. The zero-order valence-electron chi connectivity index (χ0n) is 18.5. The van der Waals surface area contributed by atoms with E-state index in [0.717, 1.165) is 38.7 Å². The van der Waals surface area contributed by atoms with Crippen LogP contribution >= 0.6 is 11.8 Å². The van der Waals surface area contributed by atoms with E-state index in [1.165, 1.54) is 12.1 Å². The van der Waals surface area contributed by atoms with Gasteiger partial charge in [-0.2, -0.15) is 11.8 Å². The third-order valence-corrected chi connectivity index (χ3v) is 6.70. The van der Waals surface area contributed by atoms with Crippen LogP contribution in [0.4, 0.5) is 4.39 Å². The lowest BCUT2D eigenvalue weighted by atomic mass is 9.87. The summed E-state index contributed by atoms with van der Waals surface area (Å²) >= 11 is 1.69. The van der Waals surface area contributed by atoms with Crippen molar-refractivity contribution >= 4 is 39.5 Å². The molecule has 0 saturated carbocycles. The SMILES string of the molecule is CSCc1ccc2[nH]ccc2c1-c1c(C(=O)O)[nH]c(-c2cc(F)cc3[nH]ccc23)c1C(C)C. The van der Waals surface area contributed by atoms with Crippen LogP contribution in [-0.2, 0) is 5.75 Å². The van der Waals surface area contributed by atoms with Crippen LogP contribution in [0, 0.1) is 5.82 Å². The lowest BCUT2D eigenvalue weighted by molar-refractivity contribution is 0.0692. The first-order valence-electron chi connectivity index (χ1n) is 10.7. The lowest BCUT2D eigenvalue weighted by Gasteiger charge is -2.16. The van der Waals surface area contributed by atoms with Gasteiger partial charge in [0.2, 0.25) is 0 Å². The molecule has 3 heterocycles. The van der Waals surface area contributed by atoms with Gasteiger partial charge >= 0.3 is 5.97 Å².